The van der Waals surface area contributed by atoms with Gasteiger partial charge in [0.25, 0.3) is 0 Å². The smallest absolute Gasteiger partial charge is 0.191 e. The quantitative estimate of drug-likeness (QED) is 0.299. The number of aliphatic imine (C=N–C) groups is 1. The monoisotopic (exact) mass is 411 g/mol. The molecule has 0 spiro atoms. The minimum atomic E-state index is 0. The number of nitrogens with one attached hydrogen (secondary N) is 2. The number of nitrogens with zero attached hydrogens (tertiary/aromatic N) is 1. The molecule has 0 aliphatic heterocycles. The Kier molecular flexibility index (Phi) is 12.2. The Balaban J connectivity index is 0.00000361. The standard InChI is InChI=1S/C14H25N3OS.HI/c1-4-15-14(16-7-8-18-5-2)17-10-12(3)13-6-9-19-11-13;/h6,9,11-12H,4-5,7-8,10H2,1-3H3,(H2,15,16,17);1H. The summed E-state index contributed by atoms with van der Waals surface area (Å²) in [5.41, 5.74) is 1.36. The Bertz CT molecular complexity index is 357. The zero-order valence-electron chi connectivity index (χ0n) is 12.5. The molecular weight excluding hydrogens is 385 g/mol. The molecule has 1 heterocycles. The summed E-state index contributed by atoms with van der Waals surface area (Å²) >= 11 is 1.74. The molecule has 0 saturated carbocycles. The molecule has 0 fully saturated rings. The van der Waals surface area contributed by atoms with Crippen molar-refractivity contribution in [2.45, 2.75) is 26.7 Å². The number of ether oxygens (including phenoxy) is 1. The maximum absolute atomic E-state index is 5.30. The van der Waals surface area contributed by atoms with Gasteiger partial charge in [-0.3, -0.25) is 4.99 Å². The molecule has 1 unspecified atom stereocenters. The third-order valence-corrected chi connectivity index (χ3v) is 3.42. The first kappa shape index (κ1) is 19.7. The molecule has 20 heavy (non-hydrogen) atoms. The average Bonchev–Trinajstić information content (AvgIpc) is 2.94. The molecule has 1 aromatic heterocycles. The van der Waals surface area contributed by atoms with Crippen LogP contribution >= 0.6 is 35.3 Å². The lowest BCUT2D eigenvalue weighted by Crippen LogP contribution is -2.39. The molecule has 0 amide bonds. The molecule has 0 radical (unpaired) electrons. The van der Waals surface area contributed by atoms with Crippen molar-refractivity contribution in [3.8, 4) is 0 Å². The normalized spacial score (nSPS) is 12.7. The summed E-state index contributed by atoms with van der Waals surface area (Å²) in [6.07, 6.45) is 0. The van der Waals surface area contributed by atoms with Gasteiger partial charge >= 0.3 is 0 Å². The van der Waals surface area contributed by atoms with Crippen LogP contribution in [0.1, 0.15) is 32.3 Å². The number of halogens is 1. The molecular formula is C14H26IN3OS. The number of guanidine groups is 1. The fourth-order valence-corrected chi connectivity index (χ4v) is 2.40. The van der Waals surface area contributed by atoms with E-state index < -0.39 is 0 Å². The van der Waals surface area contributed by atoms with Crippen LogP contribution in [0.4, 0.5) is 0 Å². The van der Waals surface area contributed by atoms with Gasteiger partial charge in [0.05, 0.1) is 6.61 Å². The van der Waals surface area contributed by atoms with Crippen molar-refractivity contribution in [3.05, 3.63) is 22.4 Å². The van der Waals surface area contributed by atoms with E-state index in [1.165, 1.54) is 5.56 Å². The second-order valence-electron chi connectivity index (χ2n) is 4.30. The predicted octanol–water partition coefficient (Wildman–Crippen LogP) is 3.06. The van der Waals surface area contributed by atoms with E-state index in [1.807, 2.05) is 6.92 Å². The highest BCUT2D eigenvalue weighted by Crippen LogP contribution is 2.18. The summed E-state index contributed by atoms with van der Waals surface area (Å²) in [5.74, 6) is 1.32. The van der Waals surface area contributed by atoms with Gasteiger partial charge < -0.3 is 15.4 Å². The van der Waals surface area contributed by atoms with Crippen LogP contribution in [0.5, 0.6) is 0 Å². The van der Waals surface area contributed by atoms with Crippen LogP contribution in [0, 0.1) is 0 Å². The van der Waals surface area contributed by atoms with E-state index in [1.54, 1.807) is 11.3 Å². The van der Waals surface area contributed by atoms with Crippen LogP contribution in [0.25, 0.3) is 0 Å². The molecule has 0 aliphatic carbocycles. The van der Waals surface area contributed by atoms with Gasteiger partial charge in [0.2, 0.25) is 0 Å². The van der Waals surface area contributed by atoms with E-state index in [0.717, 1.165) is 32.2 Å². The van der Waals surface area contributed by atoms with Gasteiger partial charge in [-0.05, 0) is 36.2 Å². The fourth-order valence-electron chi connectivity index (χ4n) is 1.62. The Labute approximate surface area is 143 Å². The van der Waals surface area contributed by atoms with Crippen LogP contribution < -0.4 is 10.6 Å². The first-order valence-corrected chi connectivity index (χ1v) is 7.84. The van der Waals surface area contributed by atoms with Gasteiger partial charge in [-0.15, -0.1) is 24.0 Å². The van der Waals surface area contributed by atoms with E-state index in [9.17, 15) is 0 Å². The highest BCUT2D eigenvalue weighted by molar-refractivity contribution is 14.0. The first-order valence-electron chi connectivity index (χ1n) is 6.89. The van der Waals surface area contributed by atoms with E-state index in [-0.39, 0.29) is 24.0 Å². The lowest BCUT2D eigenvalue weighted by atomic mass is 10.1. The molecule has 116 valence electrons. The lowest BCUT2D eigenvalue weighted by Gasteiger charge is -2.13. The summed E-state index contributed by atoms with van der Waals surface area (Å²) in [6.45, 7) is 10.2. The highest BCUT2D eigenvalue weighted by atomic mass is 127. The van der Waals surface area contributed by atoms with Crippen molar-refractivity contribution in [2.75, 3.05) is 32.8 Å². The van der Waals surface area contributed by atoms with Crippen LogP contribution in [0.15, 0.2) is 21.8 Å². The third-order valence-electron chi connectivity index (χ3n) is 2.72. The van der Waals surface area contributed by atoms with Gasteiger partial charge in [-0.25, -0.2) is 0 Å². The molecule has 1 atom stereocenters. The largest absolute Gasteiger partial charge is 0.380 e. The molecule has 0 saturated heterocycles. The maximum Gasteiger partial charge on any atom is 0.191 e. The van der Waals surface area contributed by atoms with E-state index in [4.69, 9.17) is 4.74 Å². The van der Waals surface area contributed by atoms with E-state index >= 15 is 0 Å². The molecule has 0 aliphatic rings. The second kappa shape index (κ2) is 12.4. The second-order valence-corrected chi connectivity index (χ2v) is 5.08. The summed E-state index contributed by atoms with van der Waals surface area (Å²) in [4.78, 5) is 4.61. The lowest BCUT2D eigenvalue weighted by molar-refractivity contribution is 0.152. The highest BCUT2D eigenvalue weighted by Gasteiger charge is 2.05. The molecule has 2 N–H and O–H groups in total. The molecule has 1 aromatic rings. The SMILES string of the molecule is CCNC(=NCC(C)c1ccsc1)NCCOCC.I. The Morgan fingerprint density at radius 3 is 2.80 bits per heavy atom. The van der Waals surface area contributed by atoms with Crippen LogP contribution in [-0.4, -0.2) is 38.8 Å². The van der Waals surface area contributed by atoms with E-state index in [0.29, 0.717) is 12.5 Å². The molecule has 0 aromatic carbocycles. The summed E-state index contributed by atoms with van der Waals surface area (Å²) in [6, 6.07) is 2.17. The first-order chi connectivity index (χ1) is 9.27. The Hall–Kier alpha value is -0.340. The Morgan fingerprint density at radius 1 is 1.40 bits per heavy atom. The number of thiophene rings is 1. The Morgan fingerprint density at radius 2 is 2.20 bits per heavy atom. The van der Waals surface area contributed by atoms with Gasteiger partial charge in [-0.1, -0.05) is 6.92 Å². The molecule has 4 nitrogen and oxygen atoms in total. The minimum Gasteiger partial charge on any atom is -0.380 e. The van der Waals surface area contributed by atoms with Gasteiger partial charge in [0.15, 0.2) is 5.96 Å². The molecule has 0 bridgehead atoms. The van der Waals surface area contributed by atoms with Crippen LogP contribution in [0.2, 0.25) is 0 Å². The summed E-state index contributed by atoms with van der Waals surface area (Å²) in [5, 5.41) is 10.8. The number of hydrogen-bond donors (Lipinski definition) is 2. The van der Waals surface area contributed by atoms with Crippen molar-refractivity contribution in [3.63, 3.8) is 0 Å². The average molecular weight is 411 g/mol. The maximum atomic E-state index is 5.30. The van der Waals surface area contributed by atoms with Gasteiger partial charge in [0, 0.05) is 32.2 Å². The third kappa shape index (κ3) is 8.06. The van der Waals surface area contributed by atoms with Crippen molar-refractivity contribution >= 4 is 41.3 Å². The number of rotatable bonds is 8. The van der Waals surface area contributed by atoms with Crippen LogP contribution in [0.3, 0.4) is 0 Å². The zero-order valence-corrected chi connectivity index (χ0v) is 15.7. The van der Waals surface area contributed by atoms with Gasteiger partial charge in [-0.2, -0.15) is 11.3 Å². The molecule has 6 heteroatoms. The van der Waals surface area contributed by atoms with Crippen molar-refractivity contribution in [1.82, 2.24) is 10.6 Å². The summed E-state index contributed by atoms with van der Waals surface area (Å²) < 4.78 is 5.30. The molecule has 1 rings (SSSR count). The van der Waals surface area contributed by atoms with Crippen molar-refractivity contribution < 1.29 is 4.74 Å². The number of hydrogen-bond acceptors (Lipinski definition) is 3. The van der Waals surface area contributed by atoms with Gasteiger partial charge in [0.1, 0.15) is 0 Å². The minimum absolute atomic E-state index is 0. The zero-order chi connectivity index (χ0) is 13.9. The van der Waals surface area contributed by atoms with E-state index in [2.05, 4.69) is 46.3 Å². The van der Waals surface area contributed by atoms with Crippen molar-refractivity contribution in [1.29, 1.82) is 0 Å². The topological polar surface area (TPSA) is 45.7 Å². The predicted molar refractivity (Wildman–Crippen MR) is 98.6 cm³/mol. The van der Waals surface area contributed by atoms with Crippen LogP contribution in [-0.2, 0) is 4.74 Å². The summed E-state index contributed by atoms with van der Waals surface area (Å²) in [7, 11) is 0. The van der Waals surface area contributed by atoms with Crippen molar-refractivity contribution in [2.24, 2.45) is 4.99 Å². The fraction of sp³-hybridized carbons (Fsp3) is 0.643.